The molecule has 1 heterocycles. The van der Waals surface area contributed by atoms with E-state index in [1.54, 1.807) is 35.2 Å². The van der Waals surface area contributed by atoms with Crippen molar-refractivity contribution in [2.45, 2.75) is 83.3 Å². The molecule has 2 atom stereocenters. The number of fused-ring (bicyclic) bond motifs is 1. The molecule has 1 saturated carbocycles. The highest BCUT2D eigenvalue weighted by Gasteiger charge is 2.51. The molecule has 0 saturated heterocycles. The Morgan fingerprint density at radius 3 is 2.34 bits per heavy atom. The number of rotatable bonds is 18. The summed E-state index contributed by atoms with van der Waals surface area (Å²) in [5.74, 6) is -1.01. The van der Waals surface area contributed by atoms with Gasteiger partial charge in [-0.15, -0.1) is 0 Å². The molecule has 0 aromatic heterocycles. The van der Waals surface area contributed by atoms with Crippen LogP contribution in [0.1, 0.15) is 76.0 Å². The van der Waals surface area contributed by atoms with Gasteiger partial charge in [0.05, 0.1) is 23.8 Å². The Bertz CT molecular complexity index is 1710. The Morgan fingerprint density at radius 1 is 1.00 bits per heavy atom. The van der Waals surface area contributed by atoms with Gasteiger partial charge in [0.2, 0.25) is 23.6 Å². The van der Waals surface area contributed by atoms with E-state index in [0.717, 1.165) is 23.1 Å². The lowest BCUT2D eigenvalue weighted by atomic mass is 9.92. The fraction of sp³-hybridized carbons (Fsp3) is 0.474. The summed E-state index contributed by atoms with van der Waals surface area (Å²) in [7, 11) is 0. The molecule has 53 heavy (non-hydrogen) atoms. The molecule has 1 aliphatic heterocycles. The van der Waals surface area contributed by atoms with Gasteiger partial charge in [0, 0.05) is 49.4 Å². The largest absolute Gasteiger partial charge is 0.395 e. The quantitative estimate of drug-likeness (QED) is 0.105. The van der Waals surface area contributed by atoms with Crippen molar-refractivity contribution in [2.24, 2.45) is 28.1 Å². The lowest BCUT2D eigenvalue weighted by Crippen LogP contribution is -2.51. The highest BCUT2D eigenvalue weighted by atomic mass is 16.3. The molecule has 0 unspecified atom stereocenters. The van der Waals surface area contributed by atoms with Crippen molar-refractivity contribution < 1.29 is 29.1 Å². The van der Waals surface area contributed by atoms with Gasteiger partial charge in [0.15, 0.2) is 0 Å². The first kappa shape index (κ1) is 40.5. The van der Waals surface area contributed by atoms with Gasteiger partial charge in [-0.3, -0.25) is 19.2 Å². The maximum Gasteiger partial charge on any atom is 0.312 e. The van der Waals surface area contributed by atoms with Crippen molar-refractivity contribution in [3.8, 4) is 0 Å². The fourth-order valence-electron chi connectivity index (χ4n) is 6.15. The summed E-state index contributed by atoms with van der Waals surface area (Å²) in [6, 6.07) is 10.3. The standard InChI is InChI=1S/C38H53N9O6/c1-4-16-47(17-18-48)35(51)26-19-25-9-10-27(21-30(25)45-31(39)20-26)38(13-14-38)36(52)43-22-24-7-11-28(12-8-24)44-33(49)29(6-5-15-42-37(41)53)46-34(50)32(40)23(2)3/h7-12,19,21,23,29,32,48H,4-6,13-18,20,22,40H2,1-3H3,(H2,39,45)(H,43,52)(H,44,49)(H,46,50)(H3,41,42,53)/t29-,32-/m0/s1. The van der Waals surface area contributed by atoms with E-state index in [0.29, 0.717) is 48.6 Å². The first-order valence-electron chi connectivity index (χ1n) is 18.1. The number of anilines is 1. The molecule has 15 heteroatoms. The van der Waals surface area contributed by atoms with Crippen LogP contribution in [0.5, 0.6) is 0 Å². The van der Waals surface area contributed by atoms with E-state index in [-0.39, 0.29) is 56.8 Å². The number of amidine groups is 1. The van der Waals surface area contributed by atoms with Crippen molar-refractivity contribution in [3.05, 3.63) is 64.7 Å². The lowest BCUT2D eigenvalue weighted by Gasteiger charge is -2.22. The van der Waals surface area contributed by atoms with Crippen molar-refractivity contribution in [1.82, 2.24) is 20.9 Å². The molecule has 2 aromatic rings. The number of hydrogen-bond acceptors (Lipinski definition) is 9. The highest BCUT2D eigenvalue weighted by Crippen LogP contribution is 2.49. The van der Waals surface area contributed by atoms with E-state index < -0.39 is 35.3 Å². The first-order valence-corrected chi connectivity index (χ1v) is 18.1. The van der Waals surface area contributed by atoms with Gasteiger partial charge >= 0.3 is 6.03 Å². The molecular formula is C38H53N9O6. The van der Waals surface area contributed by atoms with Gasteiger partial charge in [-0.05, 0) is 73.4 Å². The van der Waals surface area contributed by atoms with Gasteiger partial charge in [-0.1, -0.05) is 45.0 Å². The van der Waals surface area contributed by atoms with Gasteiger partial charge in [-0.2, -0.15) is 0 Å². The summed E-state index contributed by atoms with van der Waals surface area (Å²) in [6.07, 6.45) is 4.73. The van der Waals surface area contributed by atoms with Crippen LogP contribution < -0.4 is 38.5 Å². The fourth-order valence-corrected chi connectivity index (χ4v) is 6.15. The number of nitrogens with zero attached hydrogens (tertiary/aromatic N) is 2. The van der Waals surface area contributed by atoms with Crippen LogP contribution in [0.25, 0.3) is 6.08 Å². The Labute approximate surface area is 310 Å². The van der Waals surface area contributed by atoms with Crippen LogP contribution >= 0.6 is 0 Å². The minimum Gasteiger partial charge on any atom is -0.395 e. The smallest absolute Gasteiger partial charge is 0.312 e. The molecule has 6 amide bonds. The number of hydrogen-bond donors (Lipinski definition) is 8. The van der Waals surface area contributed by atoms with E-state index >= 15 is 0 Å². The maximum atomic E-state index is 13.6. The van der Waals surface area contributed by atoms with E-state index in [1.165, 1.54) is 0 Å². The Balaban J connectivity index is 1.38. The van der Waals surface area contributed by atoms with E-state index in [1.807, 2.05) is 39.0 Å². The molecule has 15 nitrogen and oxygen atoms in total. The average Bonchev–Trinajstić information content (AvgIpc) is 3.95. The van der Waals surface area contributed by atoms with Crippen LogP contribution in [0.15, 0.2) is 53.0 Å². The monoisotopic (exact) mass is 731 g/mol. The zero-order chi connectivity index (χ0) is 38.7. The second-order valence-electron chi connectivity index (χ2n) is 14.0. The summed E-state index contributed by atoms with van der Waals surface area (Å²) in [5.41, 5.74) is 20.6. The average molecular weight is 732 g/mol. The van der Waals surface area contributed by atoms with Crippen LogP contribution in [-0.4, -0.2) is 83.8 Å². The Morgan fingerprint density at radius 2 is 1.72 bits per heavy atom. The molecule has 1 fully saturated rings. The SMILES string of the molecule is CCCN(CCO)C(=O)C1=Cc2ccc(C3(C(=O)NCc4ccc(NC(=O)[C@H](CCCNC(N)=O)NC(=O)[C@@H](N)C(C)C)cc4)CC3)cc2N=C(N)C1. The molecule has 286 valence electrons. The minimum absolute atomic E-state index is 0.116. The molecule has 1 aliphatic carbocycles. The number of benzene rings is 2. The Kier molecular flexibility index (Phi) is 14.1. The molecule has 0 radical (unpaired) electrons. The second-order valence-corrected chi connectivity index (χ2v) is 14.0. The van der Waals surface area contributed by atoms with Crippen molar-refractivity contribution in [1.29, 1.82) is 0 Å². The second kappa shape index (κ2) is 18.5. The van der Waals surface area contributed by atoms with E-state index in [4.69, 9.17) is 17.2 Å². The zero-order valence-corrected chi connectivity index (χ0v) is 30.7. The molecular weight excluding hydrogens is 678 g/mol. The summed E-state index contributed by atoms with van der Waals surface area (Å²) >= 11 is 0. The van der Waals surface area contributed by atoms with E-state index in [9.17, 15) is 29.1 Å². The van der Waals surface area contributed by atoms with Crippen LogP contribution in [0.3, 0.4) is 0 Å². The predicted molar refractivity (Wildman–Crippen MR) is 204 cm³/mol. The molecule has 0 spiro atoms. The predicted octanol–water partition coefficient (Wildman–Crippen LogP) is 1.90. The van der Waals surface area contributed by atoms with Crippen molar-refractivity contribution in [3.63, 3.8) is 0 Å². The van der Waals surface area contributed by atoms with Gasteiger partial charge in [0.25, 0.3) is 0 Å². The van der Waals surface area contributed by atoms with Gasteiger partial charge < -0.3 is 48.5 Å². The topological polar surface area (TPSA) is 247 Å². The third-order valence-corrected chi connectivity index (χ3v) is 9.46. The number of amides is 6. The third-order valence-electron chi connectivity index (χ3n) is 9.46. The van der Waals surface area contributed by atoms with Crippen molar-refractivity contribution >= 4 is 52.9 Å². The number of aliphatic hydroxyl groups excluding tert-OH is 1. The molecule has 2 aromatic carbocycles. The number of carbonyl (C=O) groups excluding carboxylic acids is 5. The molecule has 2 aliphatic rings. The van der Waals surface area contributed by atoms with E-state index in [2.05, 4.69) is 26.3 Å². The number of nitrogens with two attached hydrogens (primary N) is 3. The van der Waals surface area contributed by atoms with Gasteiger partial charge in [-0.25, -0.2) is 9.79 Å². The number of aliphatic imine (C=N–C) groups is 1. The minimum atomic E-state index is -0.889. The summed E-state index contributed by atoms with van der Waals surface area (Å²) < 4.78 is 0. The number of nitrogens with one attached hydrogen (secondary N) is 4. The van der Waals surface area contributed by atoms with Crippen LogP contribution in [0.2, 0.25) is 0 Å². The van der Waals surface area contributed by atoms with Crippen molar-refractivity contribution in [2.75, 3.05) is 31.6 Å². The number of carbonyl (C=O) groups is 5. The van der Waals surface area contributed by atoms with Crippen LogP contribution in [0, 0.1) is 5.92 Å². The Hall–Kier alpha value is -5.28. The maximum absolute atomic E-state index is 13.6. The molecule has 11 N–H and O–H groups in total. The summed E-state index contributed by atoms with van der Waals surface area (Å²) in [5, 5.41) is 20.5. The molecule has 0 bridgehead atoms. The lowest BCUT2D eigenvalue weighted by molar-refractivity contribution is -0.128. The van der Waals surface area contributed by atoms with Crippen LogP contribution in [-0.2, 0) is 31.1 Å². The summed E-state index contributed by atoms with van der Waals surface area (Å²) in [6.45, 7) is 6.73. The first-order chi connectivity index (χ1) is 25.3. The van der Waals surface area contributed by atoms with Gasteiger partial charge in [0.1, 0.15) is 11.9 Å². The zero-order valence-electron chi connectivity index (χ0n) is 30.7. The number of primary amides is 1. The number of aliphatic hydroxyl groups is 1. The normalized spacial score (nSPS) is 15.4. The molecule has 4 rings (SSSR count). The highest BCUT2D eigenvalue weighted by molar-refractivity contribution is 6.05. The third kappa shape index (κ3) is 10.9. The number of urea groups is 1. The van der Waals surface area contributed by atoms with Crippen LogP contribution in [0.4, 0.5) is 16.2 Å². The summed E-state index contributed by atoms with van der Waals surface area (Å²) in [4.78, 5) is 69.9.